The third-order valence-corrected chi connectivity index (χ3v) is 5.62. The summed E-state index contributed by atoms with van der Waals surface area (Å²) < 4.78 is 7.21. The first-order valence-corrected chi connectivity index (χ1v) is 11.1. The fraction of sp³-hybridized carbons (Fsp3) is 0.125. The van der Waals surface area contributed by atoms with Crippen LogP contribution in [0.4, 0.5) is 0 Å². The lowest BCUT2D eigenvalue weighted by Gasteiger charge is -2.11. The molecular formula is C24H22N6O2S. The van der Waals surface area contributed by atoms with Gasteiger partial charge in [-0.3, -0.25) is 14.3 Å². The zero-order valence-electron chi connectivity index (χ0n) is 18.2. The minimum Gasteiger partial charge on any atom is -0.497 e. The van der Waals surface area contributed by atoms with Gasteiger partial charge in [0.25, 0.3) is 5.91 Å². The van der Waals surface area contributed by atoms with Crippen molar-refractivity contribution < 1.29 is 9.53 Å². The quantitative estimate of drug-likeness (QED) is 0.245. The van der Waals surface area contributed by atoms with Crippen LogP contribution in [0.3, 0.4) is 0 Å². The van der Waals surface area contributed by atoms with Crippen molar-refractivity contribution in [2.75, 3.05) is 12.9 Å². The average molecular weight is 459 g/mol. The highest BCUT2D eigenvalue weighted by Gasteiger charge is 2.17. The van der Waals surface area contributed by atoms with Crippen molar-refractivity contribution in [2.24, 2.45) is 5.10 Å². The van der Waals surface area contributed by atoms with E-state index in [1.54, 1.807) is 31.8 Å². The number of methoxy groups -OCH3 is 1. The van der Waals surface area contributed by atoms with E-state index < -0.39 is 0 Å². The van der Waals surface area contributed by atoms with Gasteiger partial charge in [-0.2, -0.15) is 5.10 Å². The Morgan fingerprint density at radius 3 is 2.61 bits per heavy atom. The van der Waals surface area contributed by atoms with Gasteiger partial charge in [-0.25, -0.2) is 5.43 Å². The molecule has 8 nitrogen and oxygen atoms in total. The second-order valence-electron chi connectivity index (χ2n) is 7.07. The first kappa shape index (κ1) is 22.2. The Balaban J connectivity index is 1.53. The van der Waals surface area contributed by atoms with E-state index in [1.807, 2.05) is 66.1 Å². The number of aromatic nitrogens is 4. The van der Waals surface area contributed by atoms with Crippen molar-refractivity contribution >= 4 is 23.9 Å². The lowest BCUT2D eigenvalue weighted by molar-refractivity contribution is -0.118. The molecule has 0 saturated heterocycles. The molecule has 4 aromatic rings. The summed E-state index contributed by atoms with van der Waals surface area (Å²) in [7, 11) is 1.63. The molecule has 0 spiro atoms. The normalized spacial score (nSPS) is 11.0. The number of hydrogen-bond donors (Lipinski definition) is 1. The smallest absolute Gasteiger partial charge is 0.250 e. The minimum atomic E-state index is -0.249. The number of thioether (sulfide) groups is 1. The van der Waals surface area contributed by atoms with Gasteiger partial charge in [0.15, 0.2) is 11.0 Å². The molecule has 1 N–H and O–H groups in total. The highest BCUT2D eigenvalue weighted by atomic mass is 32.2. The number of ether oxygens (including phenoxy) is 1. The zero-order valence-corrected chi connectivity index (χ0v) is 19.0. The Morgan fingerprint density at radius 1 is 1.12 bits per heavy atom. The maximum atomic E-state index is 12.3. The average Bonchev–Trinajstić information content (AvgIpc) is 3.28. The monoisotopic (exact) mass is 458 g/mol. The SMILES string of the molecule is COc1ccc(-n2c(SCC(=O)N/N=C\c3cccnc3)nnc2-c2ccc(C)cc2)cc1. The molecule has 0 aliphatic rings. The molecule has 0 atom stereocenters. The van der Waals surface area contributed by atoms with Crippen molar-refractivity contribution in [3.63, 3.8) is 0 Å². The number of carbonyl (C=O) groups excluding carboxylic acids is 1. The minimum absolute atomic E-state index is 0.132. The number of hydrogen-bond acceptors (Lipinski definition) is 7. The summed E-state index contributed by atoms with van der Waals surface area (Å²) in [5.41, 5.74) is 6.29. The summed E-state index contributed by atoms with van der Waals surface area (Å²) in [4.78, 5) is 16.3. The predicted octanol–water partition coefficient (Wildman–Crippen LogP) is 3.89. The molecule has 0 unspecified atom stereocenters. The molecule has 2 aromatic heterocycles. The first-order chi connectivity index (χ1) is 16.1. The van der Waals surface area contributed by atoms with E-state index in [0.717, 1.165) is 28.1 Å². The Labute approximate surface area is 195 Å². The van der Waals surface area contributed by atoms with Gasteiger partial charge in [0, 0.05) is 29.2 Å². The van der Waals surface area contributed by atoms with Crippen LogP contribution >= 0.6 is 11.8 Å². The molecule has 0 fully saturated rings. The number of nitrogens with one attached hydrogen (secondary N) is 1. The first-order valence-electron chi connectivity index (χ1n) is 10.2. The standard InChI is InChI=1S/C24H22N6O2S/c1-17-5-7-19(8-6-17)23-28-29-24(30(23)20-9-11-21(32-2)12-10-20)33-16-22(31)27-26-15-18-4-3-13-25-14-18/h3-15H,16H2,1-2H3,(H,27,31)/b26-15-. The number of benzene rings is 2. The van der Waals surface area contributed by atoms with Crippen molar-refractivity contribution in [2.45, 2.75) is 12.1 Å². The van der Waals surface area contributed by atoms with Crippen LogP contribution in [-0.2, 0) is 4.79 Å². The van der Waals surface area contributed by atoms with Crippen molar-refractivity contribution in [1.82, 2.24) is 25.2 Å². The number of rotatable bonds is 8. The number of pyridine rings is 1. The second kappa shape index (κ2) is 10.6. The maximum Gasteiger partial charge on any atom is 0.250 e. The Kier molecular flexibility index (Phi) is 7.11. The van der Waals surface area contributed by atoms with Crippen molar-refractivity contribution in [1.29, 1.82) is 0 Å². The van der Waals surface area contributed by atoms with Crippen LogP contribution in [0.25, 0.3) is 17.1 Å². The summed E-state index contributed by atoms with van der Waals surface area (Å²) >= 11 is 1.28. The third-order valence-electron chi connectivity index (χ3n) is 4.69. The van der Waals surface area contributed by atoms with E-state index in [4.69, 9.17) is 4.74 Å². The fourth-order valence-electron chi connectivity index (χ4n) is 3.01. The van der Waals surface area contributed by atoms with Crippen LogP contribution in [-0.4, -0.2) is 44.7 Å². The summed E-state index contributed by atoms with van der Waals surface area (Å²) in [6.07, 6.45) is 4.88. The van der Waals surface area contributed by atoms with Crippen LogP contribution < -0.4 is 10.2 Å². The number of nitrogens with zero attached hydrogens (tertiary/aromatic N) is 5. The highest BCUT2D eigenvalue weighted by molar-refractivity contribution is 7.99. The Hall–Kier alpha value is -3.98. The Morgan fingerprint density at radius 2 is 1.91 bits per heavy atom. The summed E-state index contributed by atoms with van der Waals surface area (Å²) in [5.74, 6) is 1.33. The molecule has 1 amide bonds. The number of amides is 1. The van der Waals surface area contributed by atoms with E-state index in [0.29, 0.717) is 11.0 Å². The number of aryl methyl sites for hydroxylation is 1. The largest absolute Gasteiger partial charge is 0.497 e. The molecule has 0 aliphatic heterocycles. The van der Waals surface area contributed by atoms with Gasteiger partial charge >= 0.3 is 0 Å². The van der Waals surface area contributed by atoms with Crippen LogP contribution in [0.1, 0.15) is 11.1 Å². The lowest BCUT2D eigenvalue weighted by atomic mass is 10.1. The molecule has 4 rings (SSSR count). The molecule has 0 aliphatic carbocycles. The third kappa shape index (κ3) is 5.64. The van der Waals surface area contributed by atoms with Gasteiger partial charge in [0.05, 0.1) is 19.1 Å². The van der Waals surface area contributed by atoms with Gasteiger partial charge < -0.3 is 4.74 Å². The summed E-state index contributed by atoms with van der Waals surface area (Å²) in [5, 5.41) is 13.3. The second-order valence-corrected chi connectivity index (χ2v) is 8.02. The molecule has 2 heterocycles. The number of carbonyl (C=O) groups is 1. The van der Waals surface area contributed by atoms with Gasteiger partial charge in [-0.05, 0) is 37.3 Å². The highest BCUT2D eigenvalue weighted by Crippen LogP contribution is 2.29. The fourth-order valence-corrected chi connectivity index (χ4v) is 3.75. The Bertz CT molecular complexity index is 1240. The van der Waals surface area contributed by atoms with Crippen molar-refractivity contribution in [3.8, 4) is 22.8 Å². The zero-order chi connectivity index (χ0) is 23.0. The molecule has 33 heavy (non-hydrogen) atoms. The van der Waals surface area contributed by atoms with Gasteiger partial charge in [0.2, 0.25) is 0 Å². The van der Waals surface area contributed by atoms with E-state index in [-0.39, 0.29) is 11.7 Å². The van der Waals surface area contributed by atoms with Gasteiger partial charge in [0.1, 0.15) is 5.75 Å². The maximum absolute atomic E-state index is 12.3. The van der Waals surface area contributed by atoms with E-state index in [1.165, 1.54) is 11.8 Å². The topological polar surface area (TPSA) is 94.3 Å². The van der Waals surface area contributed by atoms with E-state index in [2.05, 4.69) is 25.7 Å². The molecule has 2 aromatic carbocycles. The molecule has 9 heteroatoms. The van der Waals surface area contributed by atoms with Crippen molar-refractivity contribution in [3.05, 3.63) is 84.2 Å². The van der Waals surface area contributed by atoms with Crippen LogP contribution in [0.2, 0.25) is 0 Å². The van der Waals surface area contributed by atoms with Crippen LogP contribution in [0.5, 0.6) is 5.75 Å². The molecular weight excluding hydrogens is 436 g/mol. The number of hydrazone groups is 1. The summed E-state index contributed by atoms with van der Waals surface area (Å²) in [6.45, 7) is 2.04. The molecule has 0 radical (unpaired) electrons. The van der Waals surface area contributed by atoms with Crippen LogP contribution in [0, 0.1) is 6.92 Å². The summed E-state index contributed by atoms with van der Waals surface area (Å²) in [6, 6.07) is 19.3. The molecule has 166 valence electrons. The lowest BCUT2D eigenvalue weighted by Crippen LogP contribution is -2.20. The van der Waals surface area contributed by atoms with Crippen LogP contribution in [0.15, 0.2) is 83.3 Å². The van der Waals surface area contributed by atoms with E-state index >= 15 is 0 Å². The predicted molar refractivity (Wildman–Crippen MR) is 129 cm³/mol. The van der Waals surface area contributed by atoms with Gasteiger partial charge in [-0.1, -0.05) is 47.7 Å². The molecule has 0 saturated carbocycles. The van der Waals surface area contributed by atoms with E-state index in [9.17, 15) is 4.79 Å². The van der Waals surface area contributed by atoms with Gasteiger partial charge in [-0.15, -0.1) is 10.2 Å². The molecule has 0 bridgehead atoms.